The first kappa shape index (κ1) is 17.0. The maximum absolute atomic E-state index is 11.7. The van der Waals surface area contributed by atoms with Gasteiger partial charge in [-0.05, 0) is 30.6 Å². The first-order valence-electron chi connectivity index (χ1n) is 7.57. The molecule has 20 heavy (non-hydrogen) atoms. The van der Waals surface area contributed by atoms with E-state index >= 15 is 0 Å². The van der Waals surface area contributed by atoms with Crippen LogP contribution in [0.3, 0.4) is 0 Å². The Morgan fingerprint density at radius 3 is 2.40 bits per heavy atom. The third-order valence-corrected chi connectivity index (χ3v) is 3.95. The number of carbonyl (C=O) groups is 2. The quantitative estimate of drug-likeness (QED) is 0.627. The lowest BCUT2D eigenvalue weighted by Crippen LogP contribution is -2.41. The van der Waals surface area contributed by atoms with Gasteiger partial charge in [0.25, 0.3) is 0 Å². The first-order chi connectivity index (χ1) is 9.43. The molecule has 0 aromatic heterocycles. The molecule has 1 aliphatic carbocycles. The van der Waals surface area contributed by atoms with Crippen LogP contribution in [0.1, 0.15) is 52.4 Å². The molecule has 1 saturated carbocycles. The van der Waals surface area contributed by atoms with Gasteiger partial charge < -0.3 is 15.7 Å². The van der Waals surface area contributed by atoms with E-state index in [1.807, 2.05) is 13.8 Å². The zero-order valence-corrected chi connectivity index (χ0v) is 12.7. The largest absolute Gasteiger partial charge is 0.396 e. The second-order valence-electron chi connectivity index (χ2n) is 6.55. The van der Waals surface area contributed by atoms with E-state index in [0.717, 1.165) is 12.8 Å². The summed E-state index contributed by atoms with van der Waals surface area (Å²) in [4.78, 5) is 23.3. The summed E-state index contributed by atoms with van der Waals surface area (Å²) < 4.78 is 0. The number of nitrogens with one attached hydrogen (secondary N) is 2. The number of hydrogen-bond acceptors (Lipinski definition) is 3. The average molecular weight is 284 g/mol. The molecule has 5 nitrogen and oxygen atoms in total. The van der Waals surface area contributed by atoms with Gasteiger partial charge in [-0.15, -0.1) is 0 Å². The van der Waals surface area contributed by atoms with Gasteiger partial charge in [0.2, 0.25) is 11.8 Å². The summed E-state index contributed by atoms with van der Waals surface area (Å²) in [5, 5.41) is 14.4. The number of amides is 2. The molecule has 0 aliphatic heterocycles. The summed E-state index contributed by atoms with van der Waals surface area (Å²) in [5.74, 6) is 0.305. The number of rotatable bonds is 8. The predicted molar refractivity (Wildman–Crippen MR) is 78.1 cm³/mol. The monoisotopic (exact) mass is 284 g/mol. The zero-order chi connectivity index (χ0) is 15.0. The standard InChI is InChI=1S/C15H28N2O3/c1-15(2,7-8-18)11-17-14(20)10-16-13(19)9-12-5-3-4-6-12/h12,18H,3-11H2,1-2H3,(H,16,19)(H,17,20). The highest BCUT2D eigenvalue weighted by atomic mass is 16.3. The van der Waals surface area contributed by atoms with Crippen molar-refractivity contribution in [1.82, 2.24) is 10.6 Å². The third-order valence-electron chi connectivity index (χ3n) is 3.95. The van der Waals surface area contributed by atoms with Crippen molar-refractivity contribution in [1.29, 1.82) is 0 Å². The van der Waals surface area contributed by atoms with Crippen LogP contribution in [0.15, 0.2) is 0 Å². The predicted octanol–water partition coefficient (Wildman–Crippen LogP) is 1.21. The van der Waals surface area contributed by atoms with Crippen molar-refractivity contribution in [3.8, 4) is 0 Å². The molecule has 1 fully saturated rings. The van der Waals surface area contributed by atoms with Crippen LogP contribution in [0.4, 0.5) is 0 Å². The molecule has 0 heterocycles. The van der Waals surface area contributed by atoms with Gasteiger partial charge in [-0.1, -0.05) is 26.7 Å². The van der Waals surface area contributed by atoms with Crippen LogP contribution >= 0.6 is 0 Å². The fourth-order valence-corrected chi connectivity index (χ4v) is 2.52. The third kappa shape index (κ3) is 6.89. The lowest BCUT2D eigenvalue weighted by Gasteiger charge is -2.23. The van der Waals surface area contributed by atoms with E-state index in [-0.39, 0.29) is 30.4 Å². The Morgan fingerprint density at radius 2 is 1.80 bits per heavy atom. The Hall–Kier alpha value is -1.10. The minimum atomic E-state index is -0.171. The molecule has 3 N–H and O–H groups in total. The highest BCUT2D eigenvalue weighted by Crippen LogP contribution is 2.27. The van der Waals surface area contributed by atoms with Crippen LogP contribution < -0.4 is 10.6 Å². The molecule has 0 atom stereocenters. The van der Waals surface area contributed by atoms with Crippen molar-refractivity contribution in [3.63, 3.8) is 0 Å². The summed E-state index contributed by atoms with van der Waals surface area (Å²) in [6, 6.07) is 0. The van der Waals surface area contributed by atoms with Gasteiger partial charge in [0.15, 0.2) is 0 Å². The first-order valence-corrected chi connectivity index (χ1v) is 7.57. The molecule has 0 unspecified atom stereocenters. The van der Waals surface area contributed by atoms with Gasteiger partial charge in [-0.2, -0.15) is 0 Å². The number of aliphatic hydroxyl groups is 1. The fraction of sp³-hybridized carbons (Fsp3) is 0.867. The molecule has 0 aromatic rings. The maximum Gasteiger partial charge on any atom is 0.239 e. The van der Waals surface area contributed by atoms with Crippen molar-refractivity contribution in [2.24, 2.45) is 11.3 Å². The molecular weight excluding hydrogens is 256 g/mol. The van der Waals surface area contributed by atoms with Crippen molar-refractivity contribution in [3.05, 3.63) is 0 Å². The van der Waals surface area contributed by atoms with Gasteiger partial charge in [0.1, 0.15) is 0 Å². The van der Waals surface area contributed by atoms with Gasteiger partial charge in [-0.3, -0.25) is 9.59 Å². The molecule has 1 rings (SSSR count). The topological polar surface area (TPSA) is 78.4 Å². The molecule has 2 amide bonds. The minimum absolute atomic E-state index is 0.0262. The molecular formula is C15H28N2O3. The fourth-order valence-electron chi connectivity index (χ4n) is 2.52. The number of aliphatic hydroxyl groups excluding tert-OH is 1. The van der Waals surface area contributed by atoms with Crippen molar-refractivity contribution < 1.29 is 14.7 Å². The molecule has 1 aliphatic rings. The summed E-state index contributed by atoms with van der Waals surface area (Å²) in [6.07, 6.45) is 5.89. The second kappa shape index (κ2) is 8.25. The highest BCUT2D eigenvalue weighted by molar-refractivity contribution is 5.84. The number of hydrogen-bond donors (Lipinski definition) is 3. The van der Waals surface area contributed by atoms with E-state index in [1.54, 1.807) is 0 Å². The summed E-state index contributed by atoms with van der Waals surface area (Å²) in [5.41, 5.74) is -0.127. The van der Waals surface area contributed by atoms with E-state index in [9.17, 15) is 9.59 Å². The zero-order valence-electron chi connectivity index (χ0n) is 12.7. The Balaban J connectivity index is 2.14. The molecule has 0 spiro atoms. The van der Waals surface area contributed by atoms with E-state index in [2.05, 4.69) is 10.6 Å². The van der Waals surface area contributed by atoms with E-state index < -0.39 is 0 Å². The second-order valence-corrected chi connectivity index (χ2v) is 6.55. The Labute approximate surface area is 121 Å². The van der Waals surface area contributed by atoms with Crippen molar-refractivity contribution in [2.75, 3.05) is 19.7 Å². The van der Waals surface area contributed by atoms with Crippen LogP contribution in [0.25, 0.3) is 0 Å². The van der Waals surface area contributed by atoms with Gasteiger partial charge in [0.05, 0.1) is 6.54 Å². The summed E-state index contributed by atoms with van der Waals surface area (Å²) in [6.45, 7) is 4.64. The van der Waals surface area contributed by atoms with Gasteiger partial charge in [0, 0.05) is 19.6 Å². The van der Waals surface area contributed by atoms with Gasteiger partial charge >= 0.3 is 0 Å². The molecule has 0 bridgehead atoms. The Morgan fingerprint density at radius 1 is 1.15 bits per heavy atom. The Kier molecular flexibility index (Phi) is 6.99. The van der Waals surface area contributed by atoms with Crippen molar-refractivity contribution >= 4 is 11.8 Å². The Bertz CT molecular complexity index is 323. The molecule has 0 aromatic carbocycles. The van der Waals surface area contributed by atoms with Crippen LogP contribution in [-0.4, -0.2) is 36.6 Å². The highest BCUT2D eigenvalue weighted by Gasteiger charge is 2.20. The van der Waals surface area contributed by atoms with E-state index in [0.29, 0.717) is 25.3 Å². The SMILES string of the molecule is CC(C)(CCO)CNC(=O)CNC(=O)CC1CCCC1. The molecule has 5 heteroatoms. The summed E-state index contributed by atoms with van der Waals surface area (Å²) >= 11 is 0. The van der Waals surface area contributed by atoms with Crippen LogP contribution in [-0.2, 0) is 9.59 Å². The maximum atomic E-state index is 11.7. The lowest BCUT2D eigenvalue weighted by molar-refractivity contribution is -0.126. The van der Waals surface area contributed by atoms with Crippen LogP contribution in [0.2, 0.25) is 0 Å². The van der Waals surface area contributed by atoms with E-state index in [4.69, 9.17) is 5.11 Å². The molecule has 0 saturated heterocycles. The minimum Gasteiger partial charge on any atom is -0.396 e. The van der Waals surface area contributed by atoms with Gasteiger partial charge in [-0.25, -0.2) is 0 Å². The smallest absolute Gasteiger partial charge is 0.239 e. The number of carbonyl (C=O) groups excluding carboxylic acids is 2. The summed E-state index contributed by atoms with van der Waals surface area (Å²) in [7, 11) is 0. The van der Waals surface area contributed by atoms with Crippen LogP contribution in [0.5, 0.6) is 0 Å². The molecule has 116 valence electrons. The van der Waals surface area contributed by atoms with E-state index in [1.165, 1.54) is 12.8 Å². The average Bonchev–Trinajstić information content (AvgIpc) is 2.87. The molecule has 0 radical (unpaired) electrons. The lowest BCUT2D eigenvalue weighted by atomic mass is 9.90. The van der Waals surface area contributed by atoms with Crippen LogP contribution in [0, 0.1) is 11.3 Å². The van der Waals surface area contributed by atoms with Crippen molar-refractivity contribution in [2.45, 2.75) is 52.4 Å². The normalized spacial score (nSPS) is 16.1.